The summed E-state index contributed by atoms with van der Waals surface area (Å²) >= 11 is 6.36. The standard InChI is InChI=1S/C14H14ClN.ClH/c1-9-10-5-2-3-8-13(10)16-14-11(9)6-4-7-12(14)15;/h2-3,5,8,12H,4,6-7H2,1H3;1H. The van der Waals surface area contributed by atoms with Gasteiger partial charge in [0, 0.05) is 5.39 Å². The Labute approximate surface area is 113 Å². The lowest BCUT2D eigenvalue weighted by atomic mass is 9.90. The maximum Gasteiger partial charge on any atom is 0.0760 e. The summed E-state index contributed by atoms with van der Waals surface area (Å²) in [5.41, 5.74) is 4.94. The molecule has 90 valence electrons. The predicted molar refractivity (Wildman–Crippen MR) is 75.3 cm³/mol. The number of aromatic nitrogens is 1. The first kappa shape index (κ1) is 12.7. The van der Waals surface area contributed by atoms with E-state index in [2.05, 4.69) is 25.1 Å². The largest absolute Gasteiger partial charge is 0.251 e. The molecule has 0 saturated carbocycles. The summed E-state index contributed by atoms with van der Waals surface area (Å²) in [4.78, 5) is 4.73. The van der Waals surface area contributed by atoms with Crippen molar-refractivity contribution in [2.45, 2.75) is 31.6 Å². The number of hydrogen-bond donors (Lipinski definition) is 0. The van der Waals surface area contributed by atoms with E-state index in [1.165, 1.54) is 22.9 Å². The van der Waals surface area contributed by atoms with Crippen LogP contribution >= 0.6 is 24.0 Å². The van der Waals surface area contributed by atoms with Crippen LogP contribution in [0.25, 0.3) is 10.9 Å². The molecule has 1 aliphatic rings. The van der Waals surface area contributed by atoms with Crippen LogP contribution in [-0.2, 0) is 6.42 Å². The van der Waals surface area contributed by atoms with Crippen molar-refractivity contribution < 1.29 is 0 Å². The van der Waals surface area contributed by atoms with Gasteiger partial charge in [-0.2, -0.15) is 0 Å². The van der Waals surface area contributed by atoms with Crippen LogP contribution in [-0.4, -0.2) is 4.98 Å². The Balaban J connectivity index is 0.00000108. The number of nitrogens with zero attached hydrogens (tertiary/aromatic N) is 1. The Kier molecular flexibility index (Phi) is 3.60. The molecular weight excluding hydrogens is 253 g/mol. The Morgan fingerprint density at radius 2 is 2.06 bits per heavy atom. The number of hydrogen-bond acceptors (Lipinski definition) is 1. The molecule has 3 rings (SSSR count). The molecule has 0 amide bonds. The van der Waals surface area contributed by atoms with E-state index in [4.69, 9.17) is 16.6 Å². The van der Waals surface area contributed by atoms with Gasteiger partial charge in [-0.15, -0.1) is 24.0 Å². The predicted octanol–water partition coefficient (Wildman–Crippen LogP) is 4.58. The molecule has 0 aliphatic heterocycles. The monoisotopic (exact) mass is 267 g/mol. The molecule has 1 heterocycles. The van der Waals surface area contributed by atoms with Crippen molar-refractivity contribution in [3.63, 3.8) is 0 Å². The normalized spacial score (nSPS) is 18.6. The Morgan fingerprint density at radius 1 is 1.29 bits per heavy atom. The fourth-order valence-electron chi connectivity index (χ4n) is 2.61. The molecule has 1 unspecified atom stereocenters. The number of pyridine rings is 1. The molecule has 3 heteroatoms. The van der Waals surface area contributed by atoms with Crippen LogP contribution in [0.5, 0.6) is 0 Å². The van der Waals surface area contributed by atoms with Crippen molar-refractivity contribution >= 4 is 34.9 Å². The van der Waals surface area contributed by atoms with Crippen LogP contribution in [0.15, 0.2) is 24.3 Å². The highest BCUT2D eigenvalue weighted by atomic mass is 35.5. The Morgan fingerprint density at radius 3 is 2.88 bits per heavy atom. The molecule has 17 heavy (non-hydrogen) atoms. The molecule has 0 N–H and O–H groups in total. The number of aryl methyl sites for hydroxylation is 1. The van der Waals surface area contributed by atoms with E-state index in [1.54, 1.807) is 0 Å². The van der Waals surface area contributed by atoms with Gasteiger partial charge in [0.05, 0.1) is 16.6 Å². The fourth-order valence-corrected chi connectivity index (χ4v) is 2.94. The van der Waals surface area contributed by atoms with E-state index in [0.29, 0.717) is 0 Å². The van der Waals surface area contributed by atoms with E-state index in [1.807, 2.05) is 6.07 Å². The summed E-state index contributed by atoms with van der Waals surface area (Å²) in [7, 11) is 0. The second-order valence-corrected chi connectivity index (χ2v) is 5.00. The minimum Gasteiger partial charge on any atom is -0.251 e. The van der Waals surface area contributed by atoms with E-state index >= 15 is 0 Å². The first-order valence-electron chi connectivity index (χ1n) is 5.79. The highest BCUT2D eigenvalue weighted by Crippen LogP contribution is 2.36. The first-order valence-corrected chi connectivity index (χ1v) is 6.23. The summed E-state index contributed by atoms with van der Waals surface area (Å²) in [5, 5.41) is 1.37. The van der Waals surface area contributed by atoms with Gasteiger partial charge in [-0.3, -0.25) is 4.98 Å². The molecule has 1 aliphatic carbocycles. The number of halogens is 2. The molecule has 1 aromatic carbocycles. The van der Waals surface area contributed by atoms with Gasteiger partial charge >= 0.3 is 0 Å². The van der Waals surface area contributed by atoms with Crippen molar-refractivity contribution in [2.75, 3.05) is 0 Å². The van der Waals surface area contributed by atoms with Crippen LogP contribution < -0.4 is 0 Å². The molecule has 1 nitrogen and oxygen atoms in total. The summed E-state index contributed by atoms with van der Waals surface area (Å²) in [5.74, 6) is 0. The third kappa shape index (κ3) is 2.02. The van der Waals surface area contributed by atoms with Gasteiger partial charge in [-0.05, 0) is 43.4 Å². The average molecular weight is 268 g/mol. The van der Waals surface area contributed by atoms with Gasteiger partial charge < -0.3 is 0 Å². The minimum absolute atomic E-state index is 0. The van der Waals surface area contributed by atoms with Crippen molar-refractivity contribution in [3.05, 3.63) is 41.1 Å². The number of benzene rings is 1. The minimum atomic E-state index is 0. The quantitative estimate of drug-likeness (QED) is 0.637. The Bertz CT molecular complexity index is 551. The first-order chi connectivity index (χ1) is 7.77. The van der Waals surface area contributed by atoms with Gasteiger partial charge in [0.1, 0.15) is 0 Å². The lowest BCUT2D eigenvalue weighted by molar-refractivity contribution is 0.650. The van der Waals surface area contributed by atoms with Crippen LogP contribution in [0, 0.1) is 6.92 Å². The number of rotatable bonds is 0. The zero-order valence-corrected chi connectivity index (χ0v) is 11.3. The summed E-state index contributed by atoms with van der Waals surface area (Å²) in [6, 6.07) is 8.33. The van der Waals surface area contributed by atoms with Crippen molar-refractivity contribution in [1.29, 1.82) is 0 Å². The van der Waals surface area contributed by atoms with Crippen molar-refractivity contribution in [2.24, 2.45) is 0 Å². The van der Waals surface area contributed by atoms with Gasteiger partial charge in [-0.1, -0.05) is 18.2 Å². The summed E-state index contributed by atoms with van der Waals surface area (Å²) in [6.45, 7) is 2.19. The van der Waals surface area contributed by atoms with Crippen molar-refractivity contribution in [3.8, 4) is 0 Å². The molecule has 0 bridgehead atoms. The van der Waals surface area contributed by atoms with Crippen LogP contribution in [0.4, 0.5) is 0 Å². The van der Waals surface area contributed by atoms with Gasteiger partial charge in [0.2, 0.25) is 0 Å². The summed E-state index contributed by atoms with van der Waals surface area (Å²) in [6.07, 6.45) is 3.36. The van der Waals surface area contributed by atoms with Crippen LogP contribution in [0.1, 0.15) is 35.0 Å². The van der Waals surface area contributed by atoms with E-state index in [-0.39, 0.29) is 17.8 Å². The SMILES string of the molecule is Cc1c2c(nc3ccccc13)C(Cl)CCC2.Cl. The highest BCUT2D eigenvalue weighted by molar-refractivity contribution is 6.21. The molecule has 0 saturated heterocycles. The second-order valence-electron chi connectivity index (χ2n) is 4.48. The average Bonchev–Trinajstić information content (AvgIpc) is 2.31. The van der Waals surface area contributed by atoms with Gasteiger partial charge in [-0.25, -0.2) is 0 Å². The topological polar surface area (TPSA) is 12.9 Å². The molecule has 1 aromatic heterocycles. The third-order valence-corrected chi connectivity index (χ3v) is 3.92. The van der Waals surface area contributed by atoms with Gasteiger partial charge in [0.15, 0.2) is 0 Å². The summed E-state index contributed by atoms with van der Waals surface area (Å²) < 4.78 is 0. The molecule has 0 spiro atoms. The van der Waals surface area contributed by atoms with E-state index < -0.39 is 0 Å². The van der Waals surface area contributed by atoms with E-state index in [9.17, 15) is 0 Å². The molecule has 2 aromatic rings. The third-order valence-electron chi connectivity index (χ3n) is 3.49. The zero-order valence-electron chi connectivity index (χ0n) is 9.74. The van der Waals surface area contributed by atoms with Crippen LogP contribution in [0.2, 0.25) is 0 Å². The zero-order chi connectivity index (χ0) is 11.1. The Hall–Kier alpha value is -0.790. The maximum absolute atomic E-state index is 6.36. The number of para-hydroxylation sites is 1. The molecule has 0 fully saturated rings. The second kappa shape index (κ2) is 4.83. The maximum atomic E-state index is 6.36. The number of fused-ring (bicyclic) bond motifs is 2. The molecule has 0 radical (unpaired) electrons. The van der Waals surface area contributed by atoms with Crippen LogP contribution in [0.3, 0.4) is 0 Å². The lowest BCUT2D eigenvalue weighted by Crippen LogP contribution is -2.10. The lowest BCUT2D eigenvalue weighted by Gasteiger charge is -2.22. The molecular formula is C14H15Cl2N. The highest BCUT2D eigenvalue weighted by Gasteiger charge is 2.22. The smallest absolute Gasteiger partial charge is 0.0760 e. The number of alkyl halides is 1. The van der Waals surface area contributed by atoms with E-state index in [0.717, 1.165) is 24.1 Å². The van der Waals surface area contributed by atoms with Crippen molar-refractivity contribution in [1.82, 2.24) is 4.98 Å². The molecule has 1 atom stereocenters. The fraction of sp³-hybridized carbons (Fsp3) is 0.357. The van der Waals surface area contributed by atoms with Gasteiger partial charge in [0.25, 0.3) is 0 Å².